The van der Waals surface area contributed by atoms with E-state index >= 15 is 0 Å². The molecule has 0 saturated carbocycles. The lowest BCUT2D eigenvalue weighted by atomic mass is 9.95. The minimum atomic E-state index is -0.956. The number of hydrogen-bond donors (Lipinski definition) is 2. The Labute approximate surface area is 86.1 Å². The molecule has 1 saturated heterocycles. The first-order valence-corrected chi connectivity index (χ1v) is 4.60. The summed E-state index contributed by atoms with van der Waals surface area (Å²) in [6.45, 7) is 0. The monoisotopic (exact) mass is 206 g/mol. The molecule has 2 rings (SSSR count). The standard InChI is InChI=1S/C10H10N2O3/c13-8-4-7(10(14)15)9(12-8)6-2-1-3-11-5-6/h1-3,5,7,9H,4H2,(H,12,13)(H,14,15)/t7-,9-/m0/s1. The van der Waals surface area contributed by atoms with E-state index in [4.69, 9.17) is 5.11 Å². The molecule has 1 aromatic heterocycles. The van der Waals surface area contributed by atoms with Gasteiger partial charge in [-0.1, -0.05) is 6.07 Å². The van der Waals surface area contributed by atoms with Crippen molar-refractivity contribution in [3.8, 4) is 0 Å². The SMILES string of the molecule is O=C1C[C@H](C(=O)O)[C@H](c2cccnc2)N1. The number of carboxylic acid groups (broad SMARTS) is 1. The van der Waals surface area contributed by atoms with Crippen LogP contribution in [0.4, 0.5) is 0 Å². The van der Waals surface area contributed by atoms with Crippen LogP contribution in [0.15, 0.2) is 24.5 Å². The highest BCUT2D eigenvalue weighted by Gasteiger charge is 2.38. The summed E-state index contributed by atoms with van der Waals surface area (Å²) >= 11 is 0. The molecule has 1 amide bonds. The predicted molar refractivity (Wildman–Crippen MR) is 50.9 cm³/mol. The van der Waals surface area contributed by atoms with Crippen LogP contribution in [0.2, 0.25) is 0 Å². The number of nitrogens with one attached hydrogen (secondary N) is 1. The molecule has 5 heteroatoms. The zero-order valence-corrected chi connectivity index (χ0v) is 7.88. The molecule has 1 aromatic rings. The second-order valence-corrected chi connectivity index (χ2v) is 3.48. The first-order chi connectivity index (χ1) is 7.18. The van der Waals surface area contributed by atoms with Crippen molar-refractivity contribution < 1.29 is 14.7 Å². The van der Waals surface area contributed by atoms with E-state index in [2.05, 4.69) is 10.3 Å². The number of carboxylic acids is 1. The number of aromatic nitrogens is 1. The van der Waals surface area contributed by atoms with Crippen LogP contribution >= 0.6 is 0 Å². The van der Waals surface area contributed by atoms with E-state index in [1.165, 1.54) is 0 Å². The maximum atomic E-state index is 11.1. The van der Waals surface area contributed by atoms with Gasteiger partial charge in [-0.15, -0.1) is 0 Å². The minimum absolute atomic E-state index is 0.0366. The van der Waals surface area contributed by atoms with Crippen molar-refractivity contribution in [3.05, 3.63) is 30.1 Å². The van der Waals surface area contributed by atoms with Gasteiger partial charge in [0.2, 0.25) is 5.91 Å². The molecule has 1 aliphatic rings. The number of hydrogen-bond acceptors (Lipinski definition) is 3. The highest BCUT2D eigenvalue weighted by Crippen LogP contribution is 2.29. The van der Waals surface area contributed by atoms with Crippen LogP contribution in [0.1, 0.15) is 18.0 Å². The second-order valence-electron chi connectivity index (χ2n) is 3.48. The molecule has 0 radical (unpaired) electrons. The Morgan fingerprint density at radius 2 is 2.40 bits per heavy atom. The molecule has 2 atom stereocenters. The Balaban J connectivity index is 2.28. The van der Waals surface area contributed by atoms with Gasteiger partial charge < -0.3 is 10.4 Å². The highest BCUT2D eigenvalue weighted by atomic mass is 16.4. The molecule has 0 aromatic carbocycles. The third-order valence-corrected chi connectivity index (χ3v) is 2.48. The number of pyridine rings is 1. The number of amides is 1. The van der Waals surface area contributed by atoms with Crippen LogP contribution in [0.25, 0.3) is 0 Å². The van der Waals surface area contributed by atoms with Gasteiger partial charge in [0.15, 0.2) is 0 Å². The average Bonchev–Trinajstić information content (AvgIpc) is 2.62. The Bertz CT molecular complexity index is 391. The van der Waals surface area contributed by atoms with Gasteiger partial charge in [-0.25, -0.2) is 0 Å². The van der Waals surface area contributed by atoms with Crippen molar-refractivity contribution in [1.82, 2.24) is 10.3 Å². The number of carbonyl (C=O) groups is 2. The first-order valence-electron chi connectivity index (χ1n) is 4.60. The van der Waals surface area contributed by atoms with Gasteiger partial charge in [0, 0.05) is 18.8 Å². The largest absolute Gasteiger partial charge is 0.481 e. The molecule has 0 bridgehead atoms. The minimum Gasteiger partial charge on any atom is -0.481 e. The topological polar surface area (TPSA) is 79.3 Å². The van der Waals surface area contributed by atoms with Crippen LogP contribution in [-0.2, 0) is 9.59 Å². The Morgan fingerprint density at radius 1 is 1.60 bits per heavy atom. The Kier molecular flexibility index (Phi) is 2.37. The summed E-state index contributed by atoms with van der Waals surface area (Å²) in [5.74, 6) is -1.87. The van der Waals surface area contributed by atoms with Crippen molar-refractivity contribution in [3.63, 3.8) is 0 Å². The summed E-state index contributed by atoms with van der Waals surface area (Å²) in [6.07, 6.45) is 3.22. The fourth-order valence-electron chi connectivity index (χ4n) is 1.76. The van der Waals surface area contributed by atoms with E-state index in [0.717, 1.165) is 5.56 Å². The zero-order chi connectivity index (χ0) is 10.8. The lowest BCUT2D eigenvalue weighted by molar-refractivity contribution is -0.142. The van der Waals surface area contributed by atoms with Crippen molar-refractivity contribution in [2.45, 2.75) is 12.5 Å². The molecule has 2 N–H and O–H groups in total. The lowest BCUT2D eigenvalue weighted by Crippen LogP contribution is -2.24. The van der Waals surface area contributed by atoms with Crippen molar-refractivity contribution >= 4 is 11.9 Å². The molecule has 0 spiro atoms. The van der Waals surface area contributed by atoms with Gasteiger partial charge in [-0.3, -0.25) is 14.6 Å². The van der Waals surface area contributed by atoms with Crippen LogP contribution in [0.5, 0.6) is 0 Å². The molecule has 15 heavy (non-hydrogen) atoms. The molecule has 2 heterocycles. The number of carbonyl (C=O) groups excluding carboxylic acids is 1. The van der Waals surface area contributed by atoms with Crippen LogP contribution < -0.4 is 5.32 Å². The van der Waals surface area contributed by atoms with E-state index in [1.54, 1.807) is 24.5 Å². The smallest absolute Gasteiger partial charge is 0.309 e. The first kappa shape index (κ1) is 9.64. The van der Waals surface area contributed by atoms with Gasteiger partial charge in [0.25, 0.3) is 0 Å². The molecule has 5 nitrogen and oxygen atoms in total. The Morgan fingerprint density at radius 3 is 3.00 bits per heavy atom. The third-order valence-electron chi connectivity index (χ3n) is 2.48. The van der Waals surface area contributed by atoms with Crippen LogP contribution in [0.3, 0.4) is 0 Å². The van der Waals surface area contributed by atoms with Gasteiger partial charge in [0.1, 0.15) is 0 Å². The average molecular weight is 206 g/mol. The van der Waals surface area contributed by atoms with E-state index in [0.29, 0.717) is 0 Å². The molecular weight excluding hydrogens is 196 g/mol. The van der Waals surface area contributed by atoms with Crippen LogP contribution in [0, 0.1) is 5.92 Å². The number of rotatable bonds is 2. The van der Waals surface area contributed by atoms with Crippen molar-refractivity contribution in [2.24, 2.45) is 5.92 Å². The number of nitrogens with zero attached hydrogens (tertiary/aromatic N) is 1. The summed E-state index contributed by atoms with van der Waals surface area (Å²) in [6, 6.07) is 3.03. The van der Waals surface area contributed by atoms with Crippen molar-refractivity contribution in [1.29, 1.82) is 0 Å². The lowest BCUT2D eigenvalue weighted by Gasteiger charge is -2.14. The maximum absolute atomic E-state index is 11.1. The van der Waals surface area contributed by atoms with Crippen molar-refractivity contribution in [2.75, 3.05) is 0 Å². The molecule has 0 unspecified atom stereocenters. The summed E-state index contributed by atoms with van der Waals surface area (Å²) in [5.41, 5.74) is 0.732. The van der Waals surface area contributed by atoms with E-state index in [9.17, 15) is 9.59 Å². The van der Waals surface area contributed by atoms with E-state index in [1.807, 2.05) is 0 Å². The zero-order valence-electron chi connectivity index (χ0n) is 7.88. The summed E-state index contributed by atoms with van der Waals surface area (Å²) < 4.78 is 0. The fourth-order valence-corrected chi connectivity index (χ4v) is 1.76. The van der Waals surface area contributed by atoms with Gasteiger partial charge in [-0.05, 0) is 11.6 Å². The molecular formula is C10H10N2O3. The number of aliphatic carboxylic acids is 1. The molecule has 1 aliphatic heterocycles. The Hall–Kier alpha value is -1.91. The van der Waals surface area contributed by atoms with Gasteiger partial charge in [0.05, 0.1) is 12.0 Å². The summed E-state index contributed by atoms with van der Waals surface area (Å²) in [5, 5.41) is 11.6. The van der Waals surface area contributed by atoms with Gasteiger partial charge >= 0.3 is 5.97 Å². The van der Waals surface area contributed by atoms with E-state index in [-0.39, 0.29) is 12.3 Å². The molecule has 0 aliphatic carbocycles. The van der Waals surface area contributed by atoms with Crippen LogP contribution in [-0.4, -0.2) is 22.0 Å². The summed E-state index contributed by atoms with van der Waals surface area (Å²) in [4.78, 5) is 26.0. The van der Waals surface area contributed by atoms with Gasteiger partial charge in [-0.2, -0.15) is 0 Å². The maximum Gasteiger partial charge on any atom is 0.309 e. The van der Waals surface area contributed by atoms with E-state index < -0.39 is 17.9 Å². The quantitative estimate of drug-likeness (QED) is 0.731. The molecule has 1 fully saturated rings. The molecule has 78 valence electrons. The second kappa shape index (κ2) is 3.68. The fraction of sp³-hybridized carbons (Fsp3) is 0.300. The third kappa shape index (κ3) is 1.81. The predicted octanol–water partition coefficient (Wildman–Crippen LogP) is 0.343. The normalized spacial score (nSPS) is 24.9. The highest BCUT2D eigenvalue weighted by molar-refractivity contribution is 5.87. The summed E-state index contributed by atoms with van der Waals surface area (Å²) in [7, 11) is 0.